The van der Waals surface area contributed by atoms with E-state index in [1.165, 1.54) is 0 Å². The van der Waals surface area contributed by atoms with Gasteiger partial charge in [-0.05, 0) is 5.92 Å². The maximum Gasteiger partial charge on any atom is 0 e. The van der Waals surface area contributed by atoms with Crippen molar-refractivity contribution in [1.82, 2.24) is 0 Å². The first-order valence-corrected chi connectivity index (χ1v) is 8.77. The van der Waals surface area contributed by atoms with Gasteiger partial charge in [-0.3, -0.25) is 0 Å². The van der Waals surface area contributed by atoms with Gasteiger partial charge in [0.05, 0.1) is 0 Å². The van der Waals surface area contributed by atoms with E-state index in [9.17, 15) is 0 Å². The van der Waals surface area contributed by atoms with Gasteiger partial charge in [-0.25, -0.2) is 0 Å². The predicted molar refractivity (Wildman–Crippen MR) is 100 cm³/mol. The Bertz CT molecular complexity index is 473. The van der Waals surface area contributed by atoms with Crippen molar-refractivity contribution in [3.63, 3.8) is 0 Å². The minimum atomic E-state index is 0. The van der Waals surface area contributed by atoms with Crippen molar-refractivity contribution in [2.45, 2.75) is 79.1 Å². The van der Waals surface area contributed by atoms with Crippen LogP contribution < -0.4 is 0 Å². The molecule has 0 fully saturated rings. The van der Waals surface area contributed by atoms with E-state index < -0.39 is 0 Å². The van der Waals surface area contributed by atoms with Gasteiger partial charge in [0.2, 0.25) is 0 Å². The van der Waals surface area contributed by atoms with Gasteiger partial charge < -0.3 is 30.3 Å². The molecule has 0 spiro atoms. The number of hydrogen-bond donors (Lipinski definition) is 0. The number of rotatable bonds is 4. The monoisotopic (exact) mass is 354 g/mol. The predicted octanol–water partition coefficient (Wildman–Crippen LogP) is 7.30. The molecule has 136 valence electrons. The van der Waals surface area contributed by atoms with Crippen molar-refractivity contribution < 1.29 is 17.1 Å². The molecule has 2 aromatic rings. The normalized spacial score (nSPS) is 11.0. The Labute approximate surface area is 154 Å². The third-order valence-corrected chi connectivity index (χ3v) is 4.18. The van der Waals surface area contributed by atoms with Crippen molar-refractivity contribution in [3.8, 4) is 0 Å². The molecule has 2 rings (SSSR count). The molecule has 0 aromatic heterocycles. The molecule has 0 aliphatic carbocycles. The molecule has 0 aliphatic heterocycles. The number of hydrogen-bond acceptors (Lipinski definition) is 0. The first-order valence-electron chi connectivity index (χ1n) is 8.77. The summed E-state index contributed by atoms with van der Waals surface area (Å²) < 4.78 is 0. The Morgan fingerprint density at radius 3 is 1.39 bits per heavy atom. The molecule has 0 saturated carbocycles. The van der Waals surface area contributed by atoms with Gasteiger partial charge in [0.25, 0.3) is 0 Å². The Kier molecular flexibility index (Phi) is 9.82. The average molecular weight is 354 g/mol. The first-order chi connectivity index (χ1) is 10.3. The molecule has 0 heterocycles. The summed E-state index contributed by atoms with van der Waals surface area (Å²) in [6, 6.07) is 12.5. The summed E-state index contributed by atoms with van der Waals surface area (Å²) in [5, 5.41) is 0. The van der Waals surface area contributed by atoms with Crippen LogP contribution in [0.15, 0.2) is 36.4 Å². The molecule has 0 atom stereocenters. The van der Waals surface area contributed by atoms with E-state index in [1.54, 1.807) is 22.3 Å². The molecule has 0 amide bonds. The molecule has 0 unspecified atom stereocenters. The molecule has 2 aromatic carbocycles. The molecule has 0 N–H and O–H groups in total. The van der Waals surface area contributed by atoms with Crippen molar-refractivity contribution in [1.29, 1.82) is 0 Å². The fraction of sp³-hybridized carbons (Fsp3) is 0.545. The zero-order chi connectivity index (χ0) is 16.9. The molecule has 0 saturated heterocycles. The fourth-order valence-corrected chi connectivity index (χ4v) is 3.20. The average Bonchev–Trinajstić information content (AvgIpc) is 3.09. The van der Waals surface area contributed by atoms with Crippen molar-refractivity contribution in [3.05, 3.63) is 58.7 Å². The van der Waals surface area contributed by atoms with Gasteiger partial charge in [0, 0.05) is 17.1 Å². The standard InChI is InChI=1S/C17H29.C5H5.Fe/c1-10(2)14-9-15(11(3)4)17(13(7)8)16(14)12(5)6;1-2-4-5-3-1;/h9-13H,1-8H3;1-5H;/q-1;-5;. The van der Waals surface area contributed by atoms with Gasteiger partial charge >= 0.3 is 0 Å². The van der Waals surface area contributed by atoms with Crippen LogP contribution in [0, 0.1) is 0 Å². The van der Waals surface area contributed by atoms with Crippen LogP contribution in [0.5, 0.6) is 0 Å². The summed E-state index contributed by atoms with van der Waals surface area (Å²) in [7, 11) is 0. The first kappa shape index (κ1) is 22.2. The van der Waals surface area contributed by atoms with Gasteiger partial charge in [-0.2, -0.15) is 28.3 Å². The van der Waals surface area contributed by atoms with Gasteiger partial charge in [0.1, 0.15) is 0 Å². The summed E-state index contributed by atoms with van der Waals surface area (Å²) in [6.07, 6.45) is 0. The van der Waals surface area contributed by atoms with Crippen molar-refractivity contribution in [2.24, 2.45) is 0 Å². The van der Waals surface area contributed by atoms with E-state index in [2.05, 4.69) is 61.5 Å². The van der Waals surface area contributed by atoms with Crippen LogP contribution >= 0.6 is 0 Å². The molecular formula is C22H34Fe-6. The van der Waals surface area contributed by atoms with E-state index in [4.69, 9.17) is 0 Å². The smallest absolute Gasteiger partial charge is 0 e. The zero-order valence-corrected chi connectivity index (χ0v) is 17.2. The van der Waals surface area contributed by atoms with Crippen LogP contribution in [0.3, 0.4) is 0 Å². The van der Waals surface area contributed by atoms with Crippen LogP contribution in [-0.2, 0) is 17.1 Å². The van der Waals surface area contributed by atoms with Gasteiger partial charge in [-0.1, -0.05) is 73.1 Å². The maximum absolute atomic E-state index is 2.47. The quantitative estimate of drug-likeness (QED) is 0.399. The molecule has 0 bridgehead atoms. The van der Waals surface area contributed by atoms with Crippen LogP contribution in [0.4, 0.5) is 0 Å². The second-order valence-electron chi connectivity index (χ2n) is 7.46. The minimum Gasteiger partial charge on any atom is -0.748 e. The summed E-state index contributed by atoms with van der Waals surface area (Å²) in [5.74, 6) is 2.55. The molecule has 0 nitrogen and oxygen atoms in total. The fourth-order valence-electron chi connectivity index (χ4n) is 3.20. The maximum atomic E-state index is 2.47. The van der Waals surface area contributed by atoms with Crippen LogP contribution in [-0.4, -0.2) is 0 Å². The van der Waals surface area contributed by atoms with Crippen LogP contribution in [0.1, 0.15) is 101 Å². The second kappa shape index (κ2) is 10.2. The van der Waals surface area contributed by atoms with E-state index in [1.807, 2.05) is 30.3 Å². The Morgan fingerprint density at radius 2 is 1.13 bits per heavy atom. The summed E-state index contributed by atoms with van der Waals surface area (Å²) in [5.41, 5.74) is 6.40. The van der Waals surface area contributed by atoms with Crippen molar-refractivity contribution >= 4 is 0 Å². The topological polar surface area (TPSA) is 0 Å². The van der Waals surface area contributed by atoms with E-state index in [-0.39, 0.29) is 17.1 Å². The second-order valence-corrected chi connectivity index (χ2v) is 7.46. The van der Waals surface area contributed by atoms with E-state index in [0.717, 1.165) is 0 Å². The summed E-state index contributed by atoms with van der Waals surface area (Å²) in [6.45, 7) is 18.6. The molecule has 1 heteroatoms. The molecule has 0 aliphatic rings. The third kappa shape index (κ3) is 5.97. The Hall–Kier alpha value is -0.781. The molecule has 0 radical (unpaired) electrons. The van der Waals surface area contributed by atoms with Crippen molar-refractivity contribution in [2.75, 3.05) is 0 Å². The minimum absolute atomic E-state index is 0. The van der Waals surface area contributed by atoms with E-state index >= 15 is 0 Å². The zero-order valence-electron chi connectivity index (χ0n) is 16.1. The Balaban J connectivity index is 0.000000684. The Morgan fingerprint density at radius 1 is 0.696 bits per heavy atom. The summed E-state index contributed by atoms with van der Waals surface area (Å²) >= 11 is 0. The van der Waals surface area contributed by atoms with Crippen LogP contribution in [0.25, 0.3) is 0 Å². The largest absolute Gasteiger partial charge is 0.748 e. The van der Waals surface area contributed by atoms with E-state index in [0.29, 0.717) is 23.7 Å². The van der Waals surface area contributed by atoms with Crippen LogP contribution in [0.2, 0.25) is 0 Å². The van der Waals surface area contributed by atoms with Gasteiger partial charge in [0.15, 0.2) is 0 Å². The molecule has 23 heavy (non-hydrogen) atoms. The SMILES string of the molecule is CC(C)c1c[c-](C(C)C)c(C(C)C)c1C(C)C.[Fe].[cH-]1[cH-][cH-][cH-][cH-]1. The summed E-state index contributed by atoms with van der Waals surface area (Å²) in [4.78, 5) is 0. The third-order valence-electron chi connectivity index (χ3n) is 4.18. The van der Waals surface area contributed by atoms with Gasteiger partial charge in [-0.15, -0.1) is 0 Å². The molecular weight excluding hydrogens is 320 g/mol.